The lowest BCUT2D eigenvalue weighted by Crippen LogP contribution is -2.43. The van der Waals surface area contributed by atoms with Crippen molar-refractivity contribution < 1.29 is 33.6 Å². The van der Waals surface area contributed by atoms with Crippen molar-refractivity contribution in [3.8, 4) is 28.4 Å². The Hall–Kier alpha value is -5.30. The average Bonchev–Trinajstić information content (AvgIpc) is 3.76. The van der Waals surface area contributed by atoms with Crippen LogP contribution in [0.2, 0.25) is 10.0 Å². The molecule has 0 radical (unpaired) electrons. The minimum Gasteiger partial charge on any atom is -0.494 e. The summed E-state index contributed by atoms with van der Waals surface area (Å²) in [5, 5.41) is 13.1. The second kappa shape index (κ2) is 17.5. The van der Waals surface area contributed by atoms with Crippen LogP contribution in [-0.2, 0) is 18.2 Å². The SMILES string of the molecule is CCOc1c(OCC2CCOCC2)cc(N2C[C@@H](C)n3c(c(CCCOc4cc(C)c(Cl)c(C)c4)c4ccc(Cl)c(-c5c(C)nc(C)nc5C)c43)C2=O)c2c1cc(C(=O)O)n2C. The zero-order chi connectivity index (χ0) is 44.1. The highest BCUT2D eigenvalue weighted by atomic mass is 35.5. The highest BCUT2D eigenvalue weighted by molar-refractivity contribution is 6.35. The molecule has 8 rings (SSSR count). The van der Waals surface area contributed by atoms with Gasteiger partial charge in [0.15, 0.2) is 11.5 Å². The summed E-state index contributed by atoms with van der Waals surface area (Å²) >= 11 is 13.6. The highest BCUT2D eigenvalue weighted by Gasteiger charge is 2.39. The van der Waals surface area contributed by atoms with E-state index in [4.69, 9.17) is 52.1 Å². The third-order valence-electron chi connectivity index (χ3n) is 12.3. The Morgan fingerprint density at radius 3 is 2.27 bits per heavy atom. The van der Waals surface area contributed by atoms with Crippen LogP contribution in [0.5, 0.6) is 17.2 Å². The Balaban J connectivity index is 1.30. The summed E-state index contributed by atoms with van der Waals surface area (Å²) in [5.41, 5.74) is 8.49. The third kappa shape index (κ3) is 7.75. The van der Waals surface area contributed by atoms with Crippen molar-refractivity contribution in [2.45, 2.75) is 80.2 Å². The van der Waals surface area contributed by atoms with Crippen LogP contribution >= 0.6 is 23.2 Å². The van der Waals surface area contributed by atoms with Crippen molar-refractivity contribution in [3.63, 3.8) is 0 Å². The van der Waals surface area contributed by atoms with Crippen LogP contribution in [0.15, 0.2) is 36.4 Å². The molecule has 62 heavy (non-hydrogen) atoms. The Bertz CT molecular complexity index is 2710. The van der Waals surface area contributed by atoms with E-state index in [0.29, 0.717) is 90.5 Å². The Morgan fingerprint density at radius 2 is 1.61 bits per heavy atom. The van der Waals surface area contributed by atoms with E-state index in [-0.39, 0.29) is 30.1 Å². The number of anilines is 1. The molecule has 1 fully saturated rings. The van der Waals surface area contributed by atoms with E-state index in [9.17, 15) is 9.90 Å². The van der Waals surface area contributed by atoms with Gasteiger partial charge in [0.25, 0.3) is 5.91 Å². The molecule has 6 aromatic rings. The average molecular weight is 883 g/mol. The van der Waals surface area contributed by atoms with Crippen LogP contribution in [-0.4, -0.2) is 75.7 Å². The lowest BCUT2D eigenvalue weighted by Gasteiger charge is -2.35. The first kappa shape index (κ1) is 43.4. The fraction of sp³-hybridized carbons (Fsp3) is 0.417. The zero-order valence-electron chi connectivity index (χ0n) is 36.6. The number of aromatic carboxylic acids is 1. The van der Waals surface area contributed by atoms with Gasteiger partial charge < -0.3 is 38.1 Å². The smallest absolute Gasteiger partial charge is 0.352 e. The number of carbonyl (C=O) groups is 2. The molecule has 5 heterocycles. The van der Waals surface area contributed by atoms with Gasteiger partial charge in [0.2, 0.25) is 0 Å². The lowest BCUT2D eigenvalue weighted by molar-refractivity contribution is 0.0493. The molecule has 0 unspecified atom stereocenters. The molecule has 2 aliphatic rings. The number of ether oxygens (including phenoxy) is 4. The van der Waals surface area contributed by atoms with Crippen LogP contribution in [0.25, 0.3) is 32.9 Å². The molecule has 3 aromatic heterocycles. The number of hydrogen-bond acceptors (Lipinski definition) is 8. The number of aryl methyl sites for hydroxylation is 7. The fourth-order valence-corrected chi connectivity index (χ4v) is 9.81. The standard InChI is InChI=1S/C48H53Cl2N5O7/c1-9-60-46-35-21-38(48(57)58)53(8)43(35)37(22-39(46)62-24-31-14-17-59-18-15-31)54-23-27(4)55-44-34(12-13-36(49)41(44)40-28(5)51-30(7)52-29(40)6)33(45(55)47(54)56)11-10-16-61-32-19-25(2)42(50)26(3)20-32/h12-13,19-22,27,31H,9-11,14-18,23-24H2,1-8H3,(H,57,58)/t27-/m1/s1. The van der Waals surface area contributed by atoms with Gasteiger partial charge in [-0.2, -0.15) is 0 Å². The van der Waals surface area contributed by atoms with Crippen molar-refractivity contribution in [3.05, 3.63) is 91.7 Å². The molecular formula is C48H53Cl2N5O7. The van der Waals surface area contributed by atoms with Crippen LogP contribution in [0, 0.1) is 40.5 Å². The van der Waals surface area contributed by atoms with Gasteiger partial charge in [-0.15, -0.1) is 0 Å². The first-order valence-electron chi connectivity index (χ1n) is 21.3. The number of rotatable bonds is 13. The molecule has 0 bridgehead atoms. The van der Waals surface area contributed by atoms with Gasteiger partial charge in [0.1, 0.15) is 23.0 Å². The molecule has 0 saturated carbocycles. The van der Waals surface area contributed by atoms with Crippen molar-refractivity contribution in [1.29, 1.82) is 0 Å². The summed E-state index contributed by atoms with van der Waals surface area (Å²) in [6.07, 6.45) is 2.86. The summed E-state index contributed by atoms with van der Waals surface area (Å²) < 4.78 is 28.5. The van der Waals surface area contributed by atoms with Gasteiger partial charge in [0, 0.05) is 77.2 Å². The predicted molar refractivity (Wildman–Crippen MR) is 243 cm³/mol. The molecule has 14 heteroatoms. The topological polar surface area (TPSA) is 130 Å². The number of carbonyl (C=O) groups excluding carboxylic acids is 1. The number of benzene rings is 3. The van der Waals surface area contributed by atoms with E-state index in [1.54, 1.807) is 22.6 Å². The third-order valence-corrected chi connectivity index (χ3v) is 13.2. The maximum atomic E-state index is 15.6. The van der Waals surface area contributed by atoms with Crippen LogP contribution in [0.1, 0.15) is 94.0 Å². The van der Waals surface area contributed by atoms with Gasteiger partial charge in [-0.3, -0.25) is 4.79 Å². The largest absolute Gasteiger partial charge is 0.494 e. The lowest BCUT2D eigenvalue weighted by atomic mass is 9.97. The zero-order valence-corrected chi connectivity index (χ0v) is 38.1. The summed E-state index contributed by atoms with van der Waals surface area (Å²) in [6.45, 7) is 16.5. The van der Waals surface area contributed by atoms with Crippen LogP contribution in [0.3, 0.4) is 0 Å². The summed E-state index contributed by atoms with van der Waals surface area (Å²) in [4.78, 5) is 39.6. The number of halogens is 2. The molecule has 2 aliphatic heterocycles. The summed E-state index contributed by atoms with van der Waals surface area (Å²) in [6, 6.07) is 11.0. The maximum absolute atomic E-state index is 15.6. The Morgan fingerprint density at radius 1 is 0.919 bits per heavy atom. The van der Waals surface area contributed by atoms with Gasteiger partial charge in [-0.25, -0.2) is 14.8 Å². The van der Waals surface area contributed by atoms with Crippen molar-refractivity contribution in [2.24, 2.45) is 13.0 Å². The quantitative estimate of drug-likeness (QED) is 0.113. The number of aromatic nitrogens is 4. The highest BCUT2D eigenvalue weighted by Crippen LogP contribution is 2.48. The molecule has 3 aromatic carbocycles. The minimum atomic E-state index is -1.09. The molecule has 1 atom stereocenters. The van der Waals surface area contributed by atoms with Gasteiger partial charge in [-0.05, 0) is 121 Å². The normalized spacial score (nSPS) is 15.7. The first-order chi connectivity index (χ1) is 29.7. The Labute approximate surface area is 371 Å². The number of hydrogen-bond donors (Lipinski definition) is 1. The van der Waals surface area contributed by atoms with Crippen molar-refractivity contribution >= 4 is 62.6 Å². The van der Waals surface area contributed by atoms with E-state index in [1.165, 1.54) is 0 Å². The van der Waals surface area contributed by atoms with Crippen molar-refractivity contribution in [1.82, 2.24) is 19.1 Å². The number of nitrogens with zero attached hydrogens (tertiary/aromatic N) is 5. The molecule has 0 spiro atoms. The number of carboxylic acids is 1. The van der Waals surface area contributed by atoms with E-state index >= 15 is 4.79 Å². The van der Waals surface area contributed by atoms with Gasteiger partial charge in [0.05, 0.1) is 41.6 Å². The number of carboxylic acid groups (broad SMARTS) is 1. The predicted octanol–water partition coefficient (Wildman–Crippen LogP) is 10.6. The molecule has 0 aliphatic carbocycles. The summed E-state index contributed by atoms with van der Waals surface area (Å²) in [7, 11) is 1.71. The van der Waals surface area contributed by atoms with Gasteiger partial charge >= 0.3 is 5.97 Å². The molecule has 1 saturated heterocycles. The van der Waals surface area contributed by atoms with E-state index < -0.39 is 5.97 Å². The second-order valence-electron chi connectivity index (χ2n) is 16.6. The van der Waals surface area contributed by atoms with Crippen LogP contribution < -0.4 is 19.1 Å². The monoisotopic (exact) mass is 881 g/mol. The minimum absolute atomic E-state index is 0.0625. The molecule has 326 valence electrons. The molecule has 12 nitrogen and oxygen atoms in total. The van der Waals surface area contributed by atoms with E-state index in [1.807, 2.05) is 71.9 Å². The fourth-order valence-electron chi connectivity index (χ4n) is 9.46. The number of amides is 1. The summed E-state index contributed by atoms with van der Waals surface area (Å²) in [5.74, 6) is 1.27. The van der Waals surface area contributed by atoms with Crippen molar-refractivity contribution in [2.75, 3.05) is 44.5 Å². The maximum Gasteiger partial charge on any atom is 0.352 e. The molecular weight excluding hydrogens is 829 g/mol. The van der Waals surface area contributed by atoms with E-state index in [2.05, 4.69) is 11.5 Å². The molecule has 1 N–H and O–H groups in total. The second-order valence-corrected chi connectivity index (χ2v) is 17.4. The van der Waals surface area contributed by atoms with E-state index in [0.717, 1.165) is 73.7 Å². The Kier molecular flexibility index (Phi) is 12.2. The van der Waals surface area contributed by atoms with Crippen LogP contribution in [0.4, 0.5) is 5.69 Å². The number of fused-ring (bicyclic) bond motifs is 4. The first-order valence-corrected chi connectivity index (χ1v) is 22.1. The van der Waals surface area contributed by atoms with Gasteiger partial charge in [-0.1, -0.05) is 29.3 Å². The molecule has 1 amide bonds.